The van der Waals surface area contributed by atoms with Crippen LogP contribution < -0.4 is 14.4 Å². The van der Waals surface area contributed by atoms with Crippen molar-refractivity contribution in [1.82, 2.24) is 0 Å². The molecule has 162 valence electrons. The highest BCUT2D eigenvalue weighted by atomic mass is 16.7. The molecule has 0 bridgehead atoms. The molecule has 2 heterocycles. The first-order chi connectivity index (χ1) is 15.3. The van der Waals surface area contributed by atoms with Gasteiger partial charge in [-0.15, -0.1) is 0 Å². The normalized spacial score (nSPS) is 17.1. The SMILES string of the molecule is CN1C(=CC(=O)COC(=O)C(C#N)=Cc2ccc3c(c2)OCO3)C(C)(C)c2ccccc21. The number of anilines is 1. The molecule has 0 unspecified atom stereocenters. The second kappa shape index (κ2) is 8.23. The van der Waals surface area contributed by atoms with Gasteiger partial charge < -0.3 is 19.1 Å². The molecule has 2 aromatic rings. The number of para-hydroxylation sites is 1. The van der Waals surface area contributed by atoms with Gasteiger partial charge in [-0.3, -0.25) is 4.79 Å². The number of hydrogen-bond acceptors (Lipinski definition) is 7. The van der Waals surface area contributed by atoms with Crippen LogP contribution in [0.3, 0.4) is 0 Å². The molecule has 0 atom stereocenters. The fraction of sp³-hybridized carbons (Fsp3) is 0.240. The largest absolute Gasteiger partial charge is 0.454 e. The van der Waals surface area contributed by atoms with Gasteiger partial charge in [-0.2, -0.15) is 5.26 Å². The summed E-state index contributed by atoms with van der Waals surface area (Å²) in [5.41, 5.74) is 2.99. The Morgan fingerprint density at radius 2 is 1.94 bits per heavy atom. The molecule has 2 aliphatic rings. The Hall–Kier alpha value is -4.05. The lowest BCUT2D eigenvalue weighted by atomic mass is 9.83. The summed E-state index contributed by atoms with van der Waals surface area (Å²) < 4.78 is 15.7. The number of carbonyl (C=O) groups is 2. The van der Waals surface area contributed by atoms with Gasteiger partial charge in [0.05, 0.1) is 0 Å². The number of ether oxygens (including phenoxy) is 3. The first-order valence-electron chi connectivity index (χ1n) is 10.1. The molecule has 32 heavy (non-hydrogen) atoms. The van der Waals surface area contributed by atoms with E-state index in [1.807, 2.05) is 56.1 Å². The molecule has 4 rings (SSSR count). The van der Waals surface area contributed by atoms with Crippen LogP contribution in [0.25, 0.3) is 6.08 Å². The zero-order valence-electron chi connectivity index (χ0n) is 18.0. The van der Waals surface area contributed by atoms with Gasteiger partial charge in [0.25, 0.3) is 0 Å². The summed E-state index contributed by atoms with van der Waals surface area (Å²) in [5, 5.41) is 9.37. The lowest BCUT2D eigenvalue weighted by molar-refractivity contribution is -0.142. The first-order valence-corrected chi connectivity index (χ1v) is 10.1. The molecule has 0 aromatic heterocycles. The van der Waals surface area contributed by atoms with Crippen molar-refractivity contribution in [3.63, 3.8) is 0 Å². The van der Waals surface area contributed by atoms with Crippen molar-refractivity contribution in [1.29, 1.82) is 5.26 Å². The molecule has 0 fully saturated rings. The summed E-state index contributed by atoms with van der Waals surface area (Å²) in [5.74, 6) is -0.0833. The summed E-state index contributed by atoms with van der Waals surface area (Å²) in [7, 11) is 1.90. The summed E-state index contributed by atoms with van der Waals surface area (Å²) in [6, 6.07) is 14.8. The highest BCUT2D eigenvalue weighted by Gasteiger charge is 2.38. The summed E-state index contributed by atoms with van der Waals surface area (Å²) in [4.78, 5) is 26.9. The Balaban J connectivity index is 1.44. The van der Waals surface area contributed by atoms with E-state index >= 15 is 0 Å². The van der Waals surface area contributed by atoms with Gasteiger partial charge in [-0.25, -0.2) is 4.79 Å². The second-order valence-electron chi connectivity index (χ2n) is 8.06. The van der Waals surface area contributed by atoms with Crippen LogP contribution in [0.15, 0.2) is 59.8 Å². The number of nitriles is 1. The fourth-order valence-electron chi connectivity index (χ4n) is 3.97. The van der Waals surface area contributed by atoms with Crippen molar-refractivity contribution >= 4 is 23.5 Å². The van der Waals surface area contributed by atoms with E-state index in [-0.39, 0.29) is 23.6 Å². The van der Waals surface area contributed by atoms with Gasteiger partial charge in [-0.05, 0) is 35.4 Å². The number of fused-ring (bicyclic) bond motifs is 2. The average molecular weight is 430 g/mol. The summed E-state index contributed by atoms with van der Waals surface area (Å²) in [6.07, 6.45) is 2.89. The molecular weight excluding hydrogens is 408 g/mol. The van der Waals surface area contributed by atoms with Gasteiger partial charge in [-0.1, -0.05) is 38.1 Å². The number of carbonyl (C=O) groups excluding carboxylic acids is 2. The molecule has 0 aliphatic carbocycles. The molecule has 0 saturated heterocycles. The van der Waals surface area contributed by atoms with E-state index < -0.39 is 12.6 Å². The molecule has 0 amide bonds. The minimum Gasteiger partial charge on any atom is -0.454 e. The van der Waals surface area contributed by atoms with Gasteiger partial charge in [0.15, 0.2) is 23.9 Å². The van der Waals surface area contributed by atoms with Crippen molar-refractivity contribution in [2.24, 2.45) is 0 Å². The Morgan fingerprint density at radius 1 is 1.19 bits per heavy atom. The summed E-state index contributed by atoms with van der Waals surface area (Å²) in [6.45, 7) is 3.76. The van der Waals surface area contributed by atoms with E-state index in [1.54, 1.807) is 18.2 Å². The number of nitrogens with zero attached hydrogens (tertiary/aromatic N) is 2. The zero-order valence-corrected chi connectivity index (χ0v) is 18.0. The van der Waals surface area contributed by atoms with Crippen LogP contribution in [0, 0.1) is 11.3 Å². The van der Waals surface area contributed by atoms with Gasteiger partial charge in [0.2, 0.25) is 6.79 Å². The second-order valence-corrected chi connectivity index (χ2v) is 8.06. The lowest BCUT2D eigenvalue weighted by Crippen LogP contribution is -2.25. The lowest BCUT2D eigenvalue weighted by Gasteiger charge is -2.23. The van der Waals surface area contributed by atoms with Gasteiger partial charge in [0, 0.05) is 29.9 Å². The number of rotatable bonds is 5. The molecule has 0 N–H and O–H groups in total. The number of hydrogen-bond donors (Lipinski definition) is 0. The maximum atomic E-state index is 12.6. The van der Waals surface area contributed by atoms with Crippen LogP contribution in [-0.4, -0.2) is 32.2 Å². The van der Waals surface area contributed by atoms with E-state index in [4.69, 9.17) is 14.2 Å². The Morgan fingerprint density at radius 3 is 2.69 bits per heavy atom. The summed E-state index contributed by atoms with van der Waals surface area (Å²) >= 11 is 0. The van der Waals surface area contributed by atoms with E-state index in [2.05, 4.69) is 0 Å². The van der Waals surface area contributed by atoms with E-state index in [9.17, 15) is 14.9 Å². The molecule has 0 spiro atoms. The predicted molar refractivity (Wildman–Crippen MR) is 118 cm³/mol. The van der Waals surface area contributed by atoms with Crippen LogP contribution in [0.4, 0.5) is 5.69 Å². The number of esters is 1. The zero-order chi connectivity index (χ0) is 22.9. The van der Waals surface area contributed by atoms with Crippen molar-refractivity contribution in [2.75, 3.05) is 25.3 Å². The maximum Gasteiger partial charge on any atom is 0.349 e. The van der Waals surface area contributed by atoms with Crippen molar-refractivity contribution in [3.05, 3.63) is 70.9 Å². The Kier molecular flexibility index (Phi) is 5.45. The molecule has 2 aliphatic heterocycles. The smallest absolute Gasteiger partial charge is 0.349 e. The average Bonchev–Trinajstić information content (AvgIpc) is 3.33. The van der Waals surface area contributed by atoms with E-state index in [1.165, 1.54) is 12.2 Å². The van der Waals surface area contributed by atoms with Crippen LogP contribution in [0.1, 0.15) is 25.0 Å². The third-order valence-corrected chi connectivity index (χ3v) is 5.63. The van der Waals surface area contributed by atoms with Gasteiger partial charge >= 0.3 is 5.97 Å². The minimum absolute atomic E-state index is 0.129. The van der Waals surface area contributed by atoms with Gasteiger partial charge in [0.1, 0.15) is 11.6 Å². The maximum absolute atomic E-state index is 12.6. The standard InChI is InChI=1S/C25H22N2O5/c1-25(2)19-6-4-5-7-20(19)27(3)23(25)12-18(28)14-30-24(29)17(13-26)10-16-8-9-21-22(11-16)32-15-31-21/h4-12H,14-15H2,1-3H3. The van der Waals surface area contributed by atoms with Crippen molar-refractivity contribution in [2.45, 2.75) is 19.3 Å². The third kappa shape index (κ3) is 3.83. The van der Waals surface area contributed by atoms with E-state index in [0.29, 0.717) is 17.1 Å². The molecule has 0 radical (unpaired) electrons. The molecular formula is C25H22N2O5. The minimum atomic E-state index is -0.862. The third-order valence-electron chi connectivity index (χ3n) is 5.63. The predicted octanol–water partition coefficient (Wildman–Crippen LogP) is 3.75. The molecule has 7 nitrogen and oxygen atoms in total. The van der Waals surface area contributed by atoms with E-state index in [0.717, 1.165) is 16.9 Å². The number of benzene rings is 2. The fourth-order valence-corrected chi connectivity index (χ4v) is 3.97. The monoisotopic (exact) mass is 430 g/mol. The van der Waals surface area contributed by atoms with Crippen LogP contribution in [0.2, 0.25) is 0 Å². The van der Waals surface area contributed by atoms with Crippen molar-refractivity contribution in [3.8, 4) is 17.6 Å². The van der Waals surface area contributed by atoms with Crippen LogP contribution >= 0.6 is 0 Å². The molecule has 7 heteroatoms. The highest BCUT2D eigenvalue weighted by molar-refractivity contribution is 6.00. The Bertz CT molecular complexity index is 1200. The van der Waals surface area contributed by atoms with Crippen LogP contribution in [0.5, 0.6) is 11.5 Å². The quantitative estimate of drug-likeness (QED) is 0.405. The number of allylic oxidation sites excluding steroid dienone is 1. The number of likely N-dealkylation sites (N-methyl/N-ethyl adjacent to an activating group) is 1. The first kappa shape index (κ1) is 21.2. The molecule has 0 saturated carbocycles. The number of ketones is 1. The Labute approximate surface area is 186 Å². The highest BCUT2D eigenvalue weighted by Crippen LogP contribution is 2.46. The van der Waals surface area contributed by atoms with Crippen molar-refractivity contribution < 1.29 is 23.8 Å². The topological polar surface area (TPSA) is 88.9 Å². The van der Waals surface area contributed by atoms with Crippen LogP contribution in [-0.2, 0) is 19.7 Å². The molecule has 2 aromatic carbocycles.